The first-order chi connectivity index (χ1) is 13.4. The molecule has 0 saturated heterocycles. The van der Waals surface area contributed by atoms with Crippen LogP contribution in [-0.4, -0.2) is 31.6 Å². The smallest absolute Gasteiger partial charge is 0.387 e. The first kappa shape index (κ1) is 21.1. The average Bonchev–Trinajstić information content (AvgIpc) is 2.64. The molecule has 3 amide bonds. The van der Waals surface area contributed by atoms with Gasteiger partial charge in [-0.15, -0.1) is 0 Å². The standard InChI is InChI=1S/C19H20F3N3O3/c20-15-6-3-4-13(10-15)11-17(26)23-8-9-24-19(27)25-12-14-5-1-2-7-16(14)28-18(21)22/h1-7,10,18H,8-9,11-12H2,(H,23,26)(H2,24,25,27). The van der Waals surface area contributed by atoms with Crippen LogP contribution in [0.2, 0.25) is 0 Å². The summed E-state index contributed by atoms with van der Waals surface area (Å²) >= 11 is 0. The minimum absolute atomic E-state index is 0.000652. The van der Waals surface area contributed by atoms with Crippen LogP contribution in [0.3, 0.4) is 0 Å². The molecule has 9 heteroatoms. The quantitative estimate of drug-likeness (QED) is 0.571. The van der Waals surface area contributed by atoms with E-state index in [2.05, 4.69) is 20.7 Å². The van der Waals surface area contributed by atoms with Gasteiger partial charge in [0.25, 0.3) is 0 Å². The maximum Gasteiger partial charge on any atom is 0.387 e. The van der Waals surface area contributed by atoms with Gasteiger partial charge in [-0.3, -0.25) is 4.79 Å². The number of benzene rings is 2. The third kappa shape index (κ3) is 7.56. The first-order valence-corrected chi connectivity index (χ1v) is 8.49. The van der Waals surface area contributed by atoms with Crippen LogP contribution in [0.4, 0.5) is 18.0 Å². The van der Waals surface area contributed by atoms with E-state index >= 15 is 0 Å². The van der Waals surface area contributed by atoms with E-state index in [0.29, 0.717) is 11.1 Å². The van der Waals surface area contributed by atoms with E-state index in [1.165, 1.54) is 24.3 Å². The van der Waals surface area contributed by atoms with Gasteiger partial charge in [0.05, 0.1) is 6.42 Å². The van der Waals surface area contributed by atoms with Crippen LogP contribution >= 0.6 is 0 Å². The number of nitrogens with one attached hydrogen (secondary N) is 3. The van der Waals surface area contributed by atoms with E-state index in [0.717, 1.165) is 0 Å². The Bertz CT molecular complexity index is 803. The van der Waals surface area contributed by atoms with Gasteiger partial charge in [0.1, 0.15) is 11.6 Å². The lowest BCUT2D eigenvalue weighted by atomic mass is 10.1. The van der Waals surface area contributed by atoms with E-state index in [4.69, 9.17) is 0 Å². The van der Waals surface area contributed by atoms with Gasteiger partial charge in [-0.2, -0.15) is 8.78 Å². The van der Waals surface area contributed by atoms with Crippen molar-refractivity contribution < 1.29 is 27.5 Å². The Labute approximate surface area is 160 Å². The van der Waals surface area contributed by atoms with Crippen molar-refractivity contribution in [2.45, 2.75) is 19.6 Å². The van der Waals surface area contributed by atoms with Crippen LogP contribution in [0.5, 0.6) is 5.75 Å². The fourth-order valence-corrected chi connectivity index (χ4v) is 2.37. The number of carbonyl (C=O) groups is 2. The average molecular weight is 395 g/mol. The van der Waals surface area contributed by atoms with Gasteiger partial charge in [0, 0.05) is 25.2 Å². The highest BCUT2D eigenvalue weighted by Crippen LogP contribution is 2.19. The molecule has 0 aliphatic carbocycles. The zero-order valence-corrected chi connectivity index (χ0v) is 14.9. The predicted octanol–water partition coefficient (Wildman–Crippen LogP) is 2.59. The molecule has 0 atom stereocenters. The summed E-state index contributed by atoms with van der Waals surface area (Å²) in [6.45, 7) is -2.60. The molecule has 0 spiro atoms. The van der Waals surface area contributed by atoms with Crippen molar-refractivity contribution in [3.8, 4) is 5.75 Å². The SMILES string of the molecule is O=C(Cc1cccc(F)c1)NCCNC(=O)NCc1ccccc1OC(F)F. The lowest BCUT2D eigenvalue weighted by molar-refractivity contribution is -0.120. The molecule has 0 heterocycles. The summed E-state index contributed by atoms with van der Waals surface area (Å²) in [6.07, 6.45) is 0.0326. The fraction of sp³-hybridized carbons (Fsp3) is 0.263. The molecule has 0 aliphatic rings. The summed E-state index contributed by atoms with van der Waals surface area (Å²) in [5.41, 5.74) is 0.953. The molecule has 2 rings (SSSR count). The molecule has 3 N–H and O–H groups in total. The van der Waals surface area contributed by atoms with Crippen LogP contribution in [0.1, 0.15) is 11.1 Å². The largest absolute Gasteiger partial charge is 0.434 e. The van der Waals surface area contributed by atoms with Gasteiger partial charge >= 0.3 is 12.6 Å². The normalized spacial score (nSPS) is 10.4. The van der Waals surface area contributed by atoms with Crippen LogP contribution in [-0.2, 0) is 17.8 Å². The molecule has 0 bridgehead atoms. The Balaban J connectivity index is 1.66. The molecular weight excluding hydrogens is 375 g/mol. The Morgan fingerprint density at radius 1 is 0.964 bits per heavy atom. The molecule has 28 heavy (non-hydrogen) atoms. The summed E-state index contributed by atoms with van der Waals surface area (Å²) in [7, 11) is 0. The Morgan fingerprint density at radius 3 is 2.46 bits per heavy atom. The van der Waals surface area contributed by atoms with Crippen LogP contribution in [0, 0.1) is 5.82 Å². The Kier molecular flexibility index (Phi) is 8.13. The van der Waals surface area contributed by atoms with Crippen molar-refractivity contribution in [1.82, 2.24) is 16.0 Å². The van der Waals surface area contributed by atoms with Crippen molar-refractivity contribution in [2.75, 3.05) is 13.1 Å². The van der Waals surface area contributed by atoms with Crippen molar-refractivity contribution in [2.24, 2.45) is 0 Å². The van der Waals surface area contributed by atoms with Crippen molar-refractivity contribution in [3.63, 3.8) is 0 Å². The maximum atomic E-state index is 13.1. The molecule has 0 aliphatic heterocycles. The summed E-state index contributed by atoms with van der Waals surface area (Å²) in [5, 5.41) is 7.65. The highest BCUT2D eigenvalue weighted by atomic mass is 19.3. The minimum atomic E-state index is -2.95. The number of alkyl halides is 2. The van der Waals surface area contributed by atoms with Gasteiger partial charge in [0.15, 0.2) is 0 Å². The highest BCUT2D eigenvalue weighted by Gasteiger charge is 2.10. The highest BCUT2D eigenvalue weighted by molar-refractivity contribution is 5.78. The fourth-order valence-electron chi connectivity index (χ4n) is 2.37. The monoisotopic (exact) mass is 395 g/mol. The van der Waals surface area contributed by atoms with Crippen LogP contribution in [0.15, 0.2) is 48.5 Å². The molecule has 0 saturated carbocycles. The first-order valence-electron chi connectivity index (χ1n) is 8.49. The summed E-state index contributed by atoms with van der Waals surface area (Å²) in [5.74, 6) is -0.725. The number of halogens is 3. The third-order valence-electron chi connectivity index (χ3n) is 3.61. The number of hydrogen-bond donors (Lipinski definition) is 3. The number of para-hydroxylation sites is 1. The van der Waals surface area contributed by atoms with Crippen LogP contribution < -0.4 is 20.7 Å². The van der Waals surface area contributed by atoms with Gasteiger partial charge in [-0.25, -0.2) is 9.18 Å². The van der Waals surface area contributed by atoms with Gasteiger partial charge in [-0.05, 0) is 23.8 Å². The number of ether oxygens (including phenoxy) is 1. The zero-order valence-electron chi connectivity index (χ0n) is 14.9. The second-order valence-electron chi connectivity index (χ2n) is 5.75. The van der Waals surface area contributed by atoms with E-state index in [-0.39, 0.29) is 37.7 Å². The molecule has 0 aromatic heterocycles. The molecule has 2 aromatic rings. The Morgan fingerprint density at radius 2 is 1.71 bits per heavy atom. The minimum Gasteiger partial charge on any atom is -0.434 e. The van der Waals surface area contributed by atoms with Crippen LogP contribution in [0.25, 0.3) is 0 Å². The zero-order chi connectivity index (χ0) is 20.4. The Hall–Kier alpha value is -3.23. The van der Waals surface area contributed by atoms with E-state index in [9.17, 15) is 22.8 Å². The van der Waals surface area contributed by atoms with E-state index < -0.39 is 18.5 Å². The molecule has 0 radical (unpaired) electrons. The molecule has 150 valence electrons. The summed E-state index contributed by atoms with van der Waals surface area (Å²) in [6, 6.07) is 11.3. The summed E-state index contributed by atoms with van der Waals surface area (Å²) in [4.78, 5) is 23.5. The van der Waals surface area contributed by atoms with Crippen molar-refractivity contribution in [3.05, 3.63) is 65.5 Å². The van der Waals surface area contributed by atoms with Crippen molar-refractivity contribution >= 4 is 11.9 Å². The van der Waals surface area contributed by atoms with Gasteiger partial charge < -0.3 is 20.7 Å². The topological polar surface area (TPSA) is 79.5 Å². The second kappa shape index (κ2) is 10.8. The molecular formula is C19H20F3N3O3. The van der Waals surface area contributed by atoms with Gasteiger partial charge in [-0.1, -0.05) is 30.3 Å². The predicted molar refractivity (Wildman–Crippen MR) is 96.4 cm³/mol. The molecule has 6 nitrogen and oxygen atoms in total. The number of urea groups is 1. The third-order valence-corrected chi connectivity index (χ3v) is 3.61. The number of carbonyl (C=O) groups excluding carboxylic acids is 2. The van der Waals surface area contributed by atoms with Crippen molar-refractivity contribution in [1.29, 1.82) is 0 Å². The van der Waals surface area contributed by atoms with E-state index in [1.54, 1.807) is 24.3 Å². The second-order valence-corrected chi connectivity index (χ2v) is 5.75. The molecule has 0 fully saturated rings. The van der Waals surface area contributed by atoms with E-state index in [1.807, 2.05) is 0 Å². The summed E-state index contributed by atoms with van der Waals surface area (Å²) < 4.78 is 42.2. The lowest BCUT2D eigenvalue weighted by Gasteiger charge is -2.12. The number of amides is 3. The lowest BCUT2D eigenvalue weighted by Crippen LogP contribution is -2.40. The molecule has 2 aromatic carbocycles. The molecule has 0 unspecified atom stereocenters. The number of rotatable bonds is 9. The maximum absolute atomic E-state index is 13.1. The number of hydrogen-bond acceptors (Lipinski definition) is 3. The van der Waals surface area contributed by atoms with Gasteiger partial charge in [0.2, 0.25) is 5.91 Å².